The molecule has 0 saturated carbocycles. The van der Waals surface area contributed by atoms with Crippen molar-refractivity contribution in [3.8, 4) is 0 Å². The van der Waals surface area contributed by atoms with Crippen LogP contribution in [0.2, 0.25) is 0 Å². The Hall–Kier alpha value is -0.670. The molecule has 0 spiro atoms. The first-order chi connectivity index (χ1) is 9.78. The maximum Gasteiger partial charge on any atom is 0.338 e. The summed E-state index contributed by atoms with van der Waals surface area (Å²) in [5.74, 6) is -2.86. The molecule has 7 nitrogen and oxygen atoms in total. The minimum Gasteiger partial charge on any atom is -0.467 e. The van der Waals surface area contributed by atoms with Crippen molar-refractivity contribution in [2.45, 2.75) is 44.6 Å². The summed E-state index contributed by atoms with van der Waals surface area (Å²) in [6.07, 6.45) is -2.34. The lowest BCUT2D eigenvalue weighted by atomic mass is 10.0. The molecule has 4 atom stereocenters. The molecule has 0 radical (unpaired) electrons. The highest BCUT2D eigenvalue weighted by Crippen LogP contribution is 2.40. The Morgan fingerprint density at radius 1 is 1.05 bits per heavy atom. The molecule has 0 aromatic carbocycles. The minimum atomic E-state index is -1.37. The molecule has 0 bridgehead atoms. The van der Waals surface area contributed by atoms with E-state index in [9.17, 15) is 9.59 Å². The summed E-state index contributed by atoms with van der Waals surface area (Å²) in [5, 5.41) is -0.325. The van der Waals surface area contributed by atoms with Crippen LogP contribution in [0.3, 0.4) is 0 Å². The fourth-order valence-corrected chi connectivity index (χ4v) is 2.59. The van der Waals surface area contributed by atoms with E-state index in [2.05, 4.69) is 4.74 Å². The van der Waals surface area contributed by atoms with Crippen LogP contribution < -0.4 is 0 Å². The number of esters is 1. The van der Waals surface area contributed by atoms with Crippen LogP contribution >= 0.6 is 11.8 Å². The fraction of sp³-hybridized carbons (Fsp3) is 0.846. The van der Waals surface area contributed by atoms with Crippen molar-refractivity contribution in [1.29, 1.82) is 0 Å². The lowest BCUT2D eigenvalue weighted by Gasteiger charge is -2.50. The first-order valence-corrected chi connectivity index (χ1v) is 7.47. The highest BCUT2D eigenvalue weighted by molar-refractivity contribution is 8.13. The van der Waals surface area contributed by atoms with E-state index in [0.717, 1.165) is 11.8 Å². The van der Waals surface area contributed by atoms with Crippen LogP contribution in [0.4, 0.5) is 0 Å². The SMILES string of the molecule is CCSC(=O)[C@@H]1O[C@@](C)(OC)[C@](C)(OC)O[C@H]1C(=O)OC. The van der Waals surface area contributed by atoms with Gasteiger partial charge in [0.1, 0.15) is 0 Å². The average molecular weight is 322 g/mol. The molecule has 1 rings (SSSR count). The Balaban J connectivity index is 3.16. The van der Waals surface area contributed by atoms with Crippen LogP contribution in [0, 0.1) is 0 Å². The molecular weight excluding hydrogens is 300 g/mol. The molecule has 8 heteroatoms. The number of carbonyl (C=O) groups excluding carboxylic acids is 2. The van der Waals surface area contributed by atoms with Crippen molar-refractivity contribution in [3.05, 3.63) is 0 Å². The molecule has 0 unspecified atom stereocenters. The largest absolute Gasteiger partial charge is 0.467 e. The molecule has 21 heavy (non-hydrogen) atoms. The number of rotatable bonds is 5. The topological polar surface area (TPSA) is 80.3 Å². The van der Waals surface area contributed by atoms with Gasteiger partial charge in [-0.05, 0) is 19.6 Å². The van der Waals surface area contributed by atoms with E-state index in [4.69, 9.17) is 18.9 Å². The van der Waals surface area contributed by atoms with Gasteiger partial charge in [-0.1, -0.05) is 18.7 Å². The first kappa shape index (κ1) is 18.4. The maximum atomic E-state index is 12.2. The third-order valence-corrected chi connectivity index (χ3v) is 4.34. The van der Waals surface area contributed by atoms with E-state index in [-0.39, 0.29) is 5.12 Å². The summed E-state index contributed by atoms with van der Waals surface area (Å²) in [6.45, 7) is 4.98. The highest BCUT2D eigenvalue weighted by atomic mass is 32.2. The van der Waals surface area contributed by atoms with Crippen molar-refractivity contribution in [2.24, 2.45) is 0 Å². The van der Waals surface area contributed by atoms with Gasteiger partial charge in [0.05, 0.1) is 7.11 Å². The van der Waals surface area contributed by atoms with Gasteiger partial charge in [0.25, 0.3) is 0 Å². The molecule has 0 aliphatic carbocycles. The van der Waals surface area contributed by atoms with E-state index in [0.29, 0.717) is 5.75 Å². The van der Waals surface area contributed by atoms with Crippen LogP contribution in [0.1, 0.15) is 20.8 Å². The van der Waals surface area contributed by atoms with Crippen LogP contribution in [-0.4, -0.2) is 61.9 Å². The lowest BCUT2D eigenvalue weighted by molar-refractivity contribution is -0.437. The Kier molecular flexibility index (Phi) is 6.18. The van der Waals surface area contributed by atoms with Gasteiger partial charge in [0.2, 0.25) is 16.7 Å². The summed E-state index contributed by atoms with van der Waals surface area (Å²) < 4.78 is 26.7. The molecule has 1 heterocycles. The Labute approximate surface area is 128 Å². The van der Waals surface area contributed by atoms with Gasteiger partial charge in [-0.2, -0.15) is 0 Å². The molecule has 0 N–H and O–H groups in total. The van der Waals surface area contributed by atoms with Crippen molar-refractivity contribution in [3.63, 3.8) is 0 Å². The predicted molar refractivity (Wildman–Crippen MR) is 75.7 cm³/mol. The standard InChI is InChI=1S/C13H22O7S/c1-7-21-11(15)9-8(10(14)16-4)19-12(2,17-5)13(3,18-6)20-9/h8-9H,7H2,1-6H3/t8-,9-,12-,13-/m1/s1. The van der Waals surface area contributed by atoms with Crippen LogP contribution in [0.25, 0.3) is 0 Å². The fourth-order valence-electron chi connectivity index (χ4n) is 1.97. The minimum absolute atomic E-state index is 0.325. The molecule has 1 aliphatic heterocycles. The number of ether oxygens (including phenoxy) is 5. The van der Waals surface area contributed by atoms with Crippen LogP contribution in [0.15, 0.2) is 0 Å². The molecule has 0 aromatic rings. The van der Waals surface area contributed by atoms with Crippen molar-refractivity contribution < 1.29 is 33.3 Å². The second-order valence-corrected chi connectivity index (χ2v) is 5.92. The quantitative estimate of drug-likeness (QED) is 0.692. The van der Waals surface area contributed by atoms with Gasteiger partial charge >= 0.3 is 5.97 Å². The van der Waals surface area contributed by atoms with E-state index < -0.39 is 29.8 Å². The smallest absolute Gasteiger partial charge is 0.338 e. The van der Waals surface area contributed by atoms with E-state index >= 15 is 0 Å². The monoisotopic (exact) mass is 322 g/mol. The van der Waals surface area contributed by atoms with Gasteiger partial charge in [-0.25, -0.2) is 4.79 Å². The van der Waals surface area contributed by atoms with E-state index in [1.54, 1.807) is 13.8 Å². The summed E-state index contributed by atoms with van der Waals surface area (Å²) in [5.41, 5.74) is 0. The maximum absolute atomic E-state index is 12.2. The molecule has 122 valence electrons. The van der Waals surface area contributed by atoms with E-state index in [1.165, 1.54) is 21.3 Å². The second-order valence-electron chi connectivity index (χ2n) is 4.65. The Bertz CT molecular complexity index is 402. The van der Waals surface area contributed by atoms with Crippen LogP contribution in [-0.2, 0) is 33.3 Å². The van der Waals surface area contributed by atoms with Gasteiger partial charge in [-0.15, -0.1) is 0 Å². The summed E-state index contributed by atoms with van der Waals surface area (Å²) in [7, 11) is 4.03. The zero-order chi connectivity index (χ0) is 16.3. The molecule has 1 saturated heterocycles. The summed E-state index contributed by atoms with van der Waals surface area (Å²) >= 11 is 1.04. The zero-order valence-electron chi connectivity index (χ0n) is 13.1. The van der Waals surface area contributed by atoms with E-state index in [1.807, 2.05) is 6.92 Å². The number of carbonyl (C=O) groups is 2. The van der Waals surface area contributed by atoms with Crippen LogP contribution in [0.5, 0.6) is 0 Å². The first-order valence-electron chi connectivity index (χ1n) is 6.49. The van der Waals surface area contributed by atoms with Gasteiger partial charge in [-0.3, -0.25) is 4.79 Å². The molecule has 0 aromatic heterocycles. The molecule has 0 amide bonds. The number of methoxy groups -OCH3 is 3. The van der Waals surface area contributed by atoms with Crippen molar-refractivity contribution >= 4 is 22.8 Å². The van der Waals surface area contributed by atoms with Crippen molar-refractivity contribution in [1.82, 2.24) is 0 Å². The summed E-state index contributed by atoms with van der Waals surface area (Å²) in [6, 6.07) is 0. The second kappa shape index (κ2) is 7.06. The van der Waals surface area contributed by atoms with Gasteiger partial charge < -0.3 is 23.7 Å². The average Bonchev–Trinajstić information content (AvgIpc) is 2.48. The number of hydrogen-bond donors (Lipinski definition) is 0. The third-order valence-electron chi connectivity index (χ3n) is 3.54. The Morgan fingerprint density at radius 2 is 1.52 bits per heavy atom. The van der Waals surface area contributed by atoms with Gasteiger partial charge in [0, 0.05) is 14.2 Å². The predicted octanol–water partition coefficient (Wildman–Crippen LogP) is 0.948. The molecular formula is C13H22O7S. The highest BCUT2D eigenvalue weighted by Gasteiger charge is 2.60. The third kappa shape index (κ3) is 3.40. The normalized spacial score (nSPS) is 36.3. The number of thioether (sulfide) groups is 1. The van der Waals surface area contributed by atoms with Gasteiger partial charge in [0.15, 0.2) is 12.2 Å². The summed E-state index contributed by atoms with van der Waals surface area (Å²) in [4.78, 5) is 24.1. The zero-order valence-corrected chi connectivity index (χ0v) is 13.9. The molecule has 1 fully saturated rings. The Morgan fingerprint density at radius 3 is 1.90 bits per heavy atom. The lowest BCUT2D eigenvalue weighted by Crippen LogP contribution is -2.67. The number of hydrogen-bond acceptors (Lipinski definition) is 8. The molecule has 1 aliphatic rings. The van der Waals surface area contributed by atoms with Crippen molar-refractivity contribution in [2.75, 3.05) is 27.1 Å².